The number of hydrogen-bond acceptors (Lipinski definition) is 4. The SMILES string of the molecule is CC(C)(C)N(C(=O)O)c1ccc2cc(C(=O)NO)cnc2c1. The van der Waals surface area contributed by atoms with Gasteiger partial charge in [0.05, 0.1) is 11.1 Å². The highest BCUT2D eigenvalue weighted by Gasteiger charge is 2.28. The van der Waals surface area contributed by atoms with Gasteiger partial charge in [0.1, 0.15) is 0 Å². The number of carbonyl (C=O) groups is 2. The third-order valence-electron chi connectivity index (χ3n) is 3.15. The largest absolute Gasteiger partial charge is 0.465 e. The Balaban J connectivity index is 2.51. The molecule has 0 aliphatic carbocycles. The number of carboxylic acid groups (broad SMARTS) is 1. The van der Waals surface area contributed by atoms with Crippen molar-refractivity contribution in [1.29, 1.82) is 0 Å². The van der Waals surface area contributed by atoms with E-state index in [1.165, 1.54) is 11.1 Å². The Morgan fingerprint density at radius 3 is 2.45 bits per heavy atom. The van der Waals surface area contributed by atoms with Crippen molar-refractivity contribution in [2.75, 3.05) is 4.90 Å². The summed E-state index contributed by atoms with van der Waals surface area (Å²) in [6.45, 7) is 5.40. The van der Waals surface area contributed by atoms with Crippen molar-refractivity contribution in [3.05, 3.63) is 36.0 Å². The molecule has 116 valence electrons. The number of nitrogens with zero attached hydrogens (tertiary/aromatic N) is 2. The predicted octanol–water partition coefficient (Wildman–Crippen LogP) is 2.64. The van der Waals surface area contributed by atoms with Crippen molar-refractivity contribution >= 4 is 28.6 Å². The summed E-state index contributed by atoms with van der Waals surface area (Å²) in [5.41, 5.74) is 2.22. The number of hydroxylamine groups is 1. The highest BCUT2D eigenvalue weighted by atomic mass is 16.5. The van der Waals surface area contributed by atoms with E-state index in [0.29, 0.717) is 16.6 Å². The number of fused-ring (bicyclic) bond motifs is 1. The van der Waals surface area contributed by atoms with Crippen LogP contribution in [0.25, 0.3) is 10.9 Å². The second-order valence-electron chi connectivity index (χ2n) is 5.83. The standard InChI is InChI=1S/C15H17N3O4/c1-15(2,3)18(14(20)21)11-5-4-9-6-10(13(19)17-22)8-16-12(9)7-11/h4-8,22H,1-3H3,(H,17,19)(H,20,21). The Bertz CT molecular complexity index is 737. The zero-order chi connectivity index (χ0) is 16.5. The molecule has 1 aromatic heterocycles. The third kappa shape index (κ3) is 2.99. The van der Waals surface area contributed by atoms with E-state index in [1.54, 1.807) is 50.5 Å². The number of nitrogens with one attached hydrogen (secondary N) is 1. The van der Waals surface area contributed by atoms with E-state index < -0.39 is 17.5 Å². The van der Waals surface area contributed by atoms with Gasteiger partial charge in [-0.15, -0.1) is 0 Å². The first kappa shape index (κ1) is 15.7. The lowest BCUT2D eigenvalue weighted by Crippen LogP contribution is -2.45. The van der Waals surface area contributed by atoms with Gasteiger partial charge in [0, 0.05) is 22.8 Å². The zero-order valence-electron chi connectivity index (χ0n) is 12.5. The second-order valence-corrected chi connectivity index (χ2v) is 5.83. The van der Waals surface area contributed by atoms with Gasteiger partial charge >= 0.3 is 6.09 Å². The average Bonchev–Trinajstić information content (AvgIpc) is 2.44. The Hall–Kier alpha value is -2.67. The fourth-order valence-electron chi connectivity index (χ4n) is 2.22. The van der Waals surface area contributed by atoms with Crippen LogP contribution in [0.15, 0.2) is 30.5 Å². The van der Waals surface area contributed by atoms with E-state index in [0.717, 1.165) is 0 Å². The van der Waals surface area contributed by atoms with Gasteiger partial charge in [-0.25, -0.2) is 10.3 Å². The summed E-state index contributed by atoms with van der Waals surface area (Å²) in [4.78, 5) is 28.3. The van der Waals surface area contributed by atoms with Crippen molar-refractivity contribution in [2.45, 2.75) is 26.3 Å². The maximum atomic E-state index is 11.5. The van der Waals surface area contributed by atoms with E-state index in [4.69, 9.17) is 5.21 Å². The van der Waals surface area contributed by atoms with Crippen molar-refractivity contribution in [3.63, 3.8) is 0 Å². The molecule has 0 atom stereocenters. The summed E-state index contributed by atoms with van der Waals surface area (Å²) in [7, 11) is 0. The maximum absolute atomic E-state index is 11.5. The van der Waals surface area contributed by atoms with Gasteiger partial charge in [0.2, 0.25) is 0 Å². The zero-order valence-corrected chi connectivity index (χ0v) is 12.5. The Morgan fingerprint density at radius 2 is 1.91 bits per heavy atom. The van der Waals surface area contributed by atoms with Gasteiger partial charge < -0.3 is 5.11 Å². The van der Waals surface area contributed by atoms with Gasteiger partial charge in [-0.3, -0.25) is 19.9 Å². The van der Waals surface area contributed by atoms with Crippen LogP contribution in [0.5, 0.6) is 0 Å². The number of aromatic nitrogens is 1. The molecule has 0 aliphatic heterocycles. The molecule has 7 nitrogen and oxygen atoms in total. The second kappa shape index (κ2) is 5.61. The van der Waals surface area contributed by atoms with Crippen LogP contribution < -0.4 is 10.4 Å². The highest BCUT2D eigenvalue weighted by molar-refractivity contribution is 5.98. The molecule has 0 spiro atoms. The maximum Gasteiger partial charge on any atom is 0.412 e. The van der Waals surface area contributed by atoms with Gasteiger partial charge in [-0.05, 0) is 39.0 Å². The van der Waals surface area contributed by atoms with E-state index in [-0.39, 0.29) is 5.56 Å². The first-order chi connectivity index (χ1) is 10.2. The first-order valence-corrected chi connectivity index (χ1v) is 6.61. The lowest BCUT2D eigenvalue weighted by Gasteiger charge is -2.33. The van der Waals surface area contributed by atoms with Crippen LogP contribution in [0.4, 0.5) is 10.5 Å². The molecule has 7 heteroatoms. The lowest BCUT2D eigenvalue weighted by molar-refractivity contribution is 0.0706. The van der Waals surface area contributed by atoms with Crippen molar-refractivity contribution < 1.29 is 19.9 Å². The van der Waals surface area contributed by atoms with Crippen LogP contribution in [-0.2, 0) is 0 Å². The molecule has 2 aromatic rings. The smallest absolute Gasteiger partial charge is 0.412 e. The van der Waals surface area contributed by atoms with E-state index in [1.807, 2.05) is 0 Å². The Morgan fingerprint density at radius 1 is 1.23 bits per heavy atom. The lowest BCUT2D eigenvalue weighted by atomic mass is 10.0. The number of pyridine rings is 1. The molecule has 0 bridgehead atoms. The highest BCUT2D eigenvalue weighted by Crippen LogP contribution is 2.27. The van der Waals surface area contributed by atoms with Gasteiger partial charge in [-0.1, -0.05) is 6.07 Å². The van der Waals surface area contributed by atoms with E-state index >= 15 is 0 Å². The molecule has 1 heterocycles. The summed E-state index contributed by atoms with van der Waals surface area (Å²) >= 11 is 0. The Labute approximate surface area is 127 Å². The van der Waals surface area contributed by atoms with Crippen molar-refractivity contribution in [2.24, 2.45) is 0 Å². The molecule has 22 heavy (non-hydrogen) atoms. The minimum Gasteiger partial charge on any atom is -0.465 e. The number of hydrogen-bond donors (Lipinski definition) is 3. The van der Waals surface area contributed by atoms with Crippen LogP contribution in [0, 0.1) is 0 Å². The van der Waals surface area contributed by atoms with E-state index in [9.17, 15) is 14.7 Å². The quantitative estimate of drug-likeness (QED) is 0.584. The normalized spacial score (nSPS) is 11.3. The number of amides is 2. The average molecular weight is 303 g/mol. The molecule has 2 rings (SSSR count). The van der Waals surface area contributed by atoms with Gasteiger partial charge in [0.25, 0.3) is 5.91 Å². The number of rotatable bonds is 2. The molecule has 0 saturated carbocycles. The summed E-state index contributed by atoms with van der Waals surface area (Å²) in [5, 5.41) is 18.7. The van der Waals surface area contributed by atoms with Crippen LogP contribution in [0.2, 0.25) is 0 Å². The minimum atomic E-state index is -1.05. The molecule has 0 fully saturated rings. The fraction of sp³-hybridized carbons (Fsp3) is 0.267. The number of benzene rings is 1. The summed E-state index contributed by atoms with van der Waals surface area (Å²) in [5.74, 6) is -0.652. The van der Waals surface area contributed by atoms with Crippen molar-refractivity contribution in [1.82, 2.24) is 10.5 Å². The number of anilines is 1. The monoisotopic (exact) mass is 303 g/mol. The Kier molecular flexibility index (Phi) is 4.01. The molecule has 0 saturated heterocycles. The van der Waals surface area contributed by atoms with Gasteiger partial charge in [0.15, 0.2) is 0 Å². The summed E-state index contributed by atoms with van der Waals surface area (Å²) < 4.78 is 0. The van der Waals surface area contributed by atoms with Crippen LogP contribution >= 0.6 is 0 Å². The van der Waals surface area contributed by atoms with Crippen molar-refractivity contribution in [3.8, 4) is 0 Å². The number of carbonyl (C=O) groups excluding carboxylic acids is 1. The third-order valence-corrected chi connectivity index (χ3v) is 3.15. The van der Waals surface area contributed by atoms with E-state index in [2.05, 4.69) is 4.98 Å². The topological polar surface area (TPSA) is 103 Å². The molecular formula is C15H17N3O4. The predicted molar refractivity (Wildman–Crippen MR) is 81.3 cm³/mol. The van der Waals surface area contributed by atoms with Crippen LogP contribution in [0.3, 0.4) is 0 Å². The van der Waals surface area contributed by atoms with Gasteiger partial charge in [-0.2, -0.15) is 0 Å². The fourth-order valence-corrected chi connectivity index (χ4v) is 2.22. The molecule has 1 aromatic carbocycles. The minimum absolute atomic E-state index is 0.216. The van der Waals surface area contributed by atoms with Crippen LogP contribution in [0.1, 0.15) is 31.1 Å². The molecule has 2 amide bonds. The molecular weight excluding hydrogens is 286 g/mol. The first-order valence-electron chi connectivity index (χ1n) is 6.61. The summed E-state index contributed by atoms with van der Waals surface area (Å²) in [6, 6.07) is 6.56. The molecule has 3 N–H and O–H groups in total. The molecule has 0 unspecified atom stereocenters. The molecule has 0 aliphatic rings. The van der Waals surface area contributed by atoms with Crippen LogP contribution in [-0.4, -0.2) is 32.8 Å². The molecule has 0 radical (unpaired) electrons. The summed E-state index contributed by atoms with van der Waals surface area (Å²) in [6.07, 6.45) is 0.267.